The predicted octanol–water partition coefficient (Wildman–Crippen LogP) is 2.23. The van der Waals surface area contributed by atoms with Crippen LogP contribution in [0.1, 0.15) is 20.8 Å². The van der Waals surface area contributed by atoms with Crippen molar-refractivity contribution < 1.29 is 4.39 Å². The van der Waals surface area contributed by atoms with Crippen LogP contribution in [0.3, 0.4) is 0 Å². The van der Waals surface area contributed by atoms with Crippen molar-refractivity contribution in [2.24, 2.45) is 4.99 Å². The van der Waals surface area contributed by atoms with Crippen LogP contribution in [0.2, 0.25) is 0 Å². The third-order valence-corrected chi connectivity index (χ3v) is 1.53. The van der Waals surface area contributed by atoms with E-state index in [2.05, 4.69) is 11.6 Å². The normalized spacial score (nSPS) is 14.2. The van der Waals surface area contributed by atoms with Gasteiger partial charge in [-0.05, 0) is 20.8 Å². The van der Waals surface area contributed by atoms with Crippen molar-refractivity contribution in [3.63, 3.8) is 0 Å². The van der Waals surface area contributed by atoms with Crippen LogP contribution in [0, 0.1) is 0 Å². The van der Waals surface area contributed by atoms with E-state index in [1.807, 2.05) is 14.0 Å². The van der Waals surface area contributed by atoms with Crippen molar-refractivity contribution in [3.8, 4) is 0 Å². The highest BCUT2D eigenvalue weighted by Gasteiger charge is 2.12. The molecule has 0 aromatic carbocycles. The number of hydrogen-bond acceptors (Lipinski definition) is 1. The van der Waals surface area contributed by atoms with Crippen LogP contribution < -0.4 is 0 Å². The summed E-state index contributed by atoms with van der Waals surface area (Å²) in [5, 5.41) is 0. The molecule has 1 atom stereocenters. The molecule has 3 heteroatoms. The fourth-order valence-electron chi connectivity index (χ4n) is 0.836. The van der Waals surface area contributed by atoms with Crippen molar-refractivity contribution in [1.29, 1.82) is 0 Å². The summed E-state index contributed by atoms with van der Waals surface area (Å²) in [5.74, 6) is 0.449. The Balaban J connectivity index is 4.54. The van der Waals surface area contributed by atoms with E-state index in [0.29, 0.717) is 11.5 Å². The summed E-state index contributed by atoms with van der Waals surface area (Å²) in [6.45, 7) is 9.55. The zero-order valence-electron chi connectivity index (χ0n) is 8.26. The van der Waals surface area contributed by atoms with Gasteiger partial charge in [0.1, 0.15) is 5.84 Å². The van der Waals surface area contributed by atoms with E-state index in [0.717, 1.165) is 6.54 Å². The Hall–Kier alpha value is -0.860. The van der Waals surface area contributed by atoms with Gasteiger partial charge in [-0.2, -0.15) is 0 Å². The van der Waals surface area contributed by atoms with Crippen molar-refractivity contribution in [3.05, 3.63) is 12.3 Å². The molecule has 0 heterocycles. The molecule has 0 fully saturated rings. The molecule has 0 amide bonds. The Kier molecular flexibility index (Phi) is 4.55. The Labute approximate surface area is 73.8 Å². The number of halogens is 1. The Morgan fingerprint density at radius 2 is 2.17 bits per heavy atom. The topological polar surface area (TPSA) is 15.6 Å². The first kappa shape index (κ1) is 11.1. The second-order valence-electron chi connectivity index (χ2n) is 2.84. The minimum Gasteiger partial charge on any atom is -0.361 e. The number of aliphatic imine (C=N–C) groups is 1. The van der Waals surface area contributed by atoms with Gasteiger partial charge < -0.3 is 4.90 Å². The van der Waals surface area contributed by atoms with Crippen molar-refractivity contribution >= 4 is 5.84 Å². The van der Waals surface area contributed by atoms with Crippen molar-refractivity contribution in [2.75, 3.05) is 13.6 Å². The van der Waals surface area contributed by atoms with Gasteiger partial charge in [0.15, 0.2) is 6.17 Å². The highest BCUT2D eigenvalue weighted by molar-refractivity contribution is 5.86. The standard InChI is InChI=1S/C9H17FN2/c1-6-12(5)9(8(4)10)11-7(2)3/h8H,2,6H2,1,3-5H3. The average molecular weight is 172 g/mol. The summed E-state index contributed by atoms with van der Waals surface area (Å²) in [6.07, 6.45) is -1.04. The zero-order chi connectivity index (χ0) is 9.72. The molecule has 1 unspecified atom stereocenters. The molecule has 0 N–H and O–H groups in total. The van der Waals surface area contributed by atoms with Crippen LogP contribution in [-0.2, 0) is 0 Å². The Bertz CT molecular complexity index is 185. The number of rotatable bonds is 3. The molecular formula is C9H17FN2. The molecule has 0 aromatic rings. The molecule has 12 heavy (non-hydrogen) atoms. The molecule has 2 nitrogen and oxygen atoms in total. The van der Waals surface area contributed by atoms with Gasteiger partial charge in [0.2, 0.25) is 0 Å². The monoisotopic (exact) mass is 172 g/mol. The molecule has 0 aliphatic heterocycles. The van der Waals surface area contributed by atoms with Crippen LogP contribution in [-0.4, -0.2) is 30.5 Å². The second-order valence-corrected chi connectivity index (χ2v) is 2.84. The summed E-state index contributed by atoms with van der Waals surface area (Å²) in [4.78, 5) is 5.80. The fraction of sp³-hybridized carbons (Fsp3) is 0.667. The van der Waals surface area contributed by atoms with Crippen LogP contribution in [0.15, 0.2) is 17.3 Å². The quantitative estimate of drug-likeness (QED) is 0.471. The molecule has 0 aromatic heterocycles. The van der Waals surface area contributed by atoms with Crippen LogP contribution in [0.25, 0.3) is 0 Å². The maximum Gasteiger partial charge on any atom is 0.155 e. The lowest BCUT2D eigenvalue weighted by atomic mass is 10.3. The third kappa shape index (κ3) is 3.51. The van der Waals surface area contributed by atoms with Gasteiger partial charge in [-0.3, -0.25) is 0 Å². The molecular weight excluding hydrogens is 155 g/mol. The first-order chi connectivity index (χ1) is 5.49. The minimum absolute atomic E-state index is 0.449. The summed E-state index contributed by atoms with van der Waals surface area (Å²) in [6, 6.07) is 0. The van der Waals surface area contributed by atoms with E-state index in [1.165, 1.54) is 6.92 Å². The first-order valence-electron chi connectivity index (χ1n) is 4.08. The summed E-state index contributed by atoms with van der Waals surface area (Å²) in [7, 11) is 1.82. The highest BCUT2D eigenvalue weighted by Crippen LogP contribution is 2.02. The maximum atomic E-state index is 13.0. The van der Waals surface area contributed by atoms with Crippen LogP contribution >= 0.6 is 0 Å². The molecule has 0 aliphatic carbocycles. The summed E-state index contributed by atoms with van der Waals surface area (Å²) < 4.78 is 13.0. The van der Waals surface area contributed by atoms with E-state index in [4.69, 9.17) is 0 Å². The summed E-state index contributed by atoms with van der Waals surface area (Å²) >= 11 is 0. The van der Waals surface area contributed by atoms with Crippen LogP contribution in [0.4, 0.5) is 4.39 Å². The average Bonchev–Trinajstić information content (AvgIpc) is 1.98. The van der Waals surface area contributed by atoms with Gasteiger partial charge in [0, 0.05) is 19.3 Å². The lowest BCUT2D eigenvalue weighted by molar-refractivity contribution is 0.399. The van der Waals surface area contributed by atoms with E-state index in [9.17, 15) is 4.39 Å². The third-order valence-electron chi connectivity index (χ3n) is 1.53. The van der Waals surface area contributed by atoms with E-state index in [1.54, 1.807) is 11.8 Å². The number of amidine groups is 1. The van der Waals surface area contributed by atoms with Crippen molar-refractivity contribution in [2.45, 2.75) is 26.9 Å². The lowest BCUT2D eigenvalue weighted by Crippen LogP contribution is -2.32. The molecule has 0 spiro atoms. The van der Waals surface area contributed by atoms with Gasteiger partial charge in [-0.25, -0.2) is 9.38 Å². The second kappa shape index (κ2) is 4.91. The first-order valence-corrected chi connectivity index (χ1v) is 4.08. The van der Waals surface area contributed by atoms with Gasteiger partial charge >= 0.3 is 0 Å². The number of hydrogen-bond donors (Lipinski definition) is 0. The van der Waals surface area contributed by atoms with Crippen LogP contribution in [0.5, 0.6) is 0 Å². The molecule has 0 aliphatic rings. The number of alkyl halides is 1. The highest BCUT2D eigenvalue weighted by atomic mass is 19.1. The largest absolute Gasteiger partial charge is 0.361 e. The van der Waals surface area contributed by atoms with Gasteiger partial charge in [-0.15, -0.1) is 0 Å². The predicted molar refractivity (Wildman–Crippen MR) is 51.1 cm³/mol. The summed E-state index contributed by atoms with van der Waals surface area (Å²) in [5.41, 5.74) is 0.634. The van der Waals surface area contributed by atoms with E-state index in [-0.39, 0.29) is 0 Å². The molecule has 0 saturated heterocycles. The number of nitrogens with zero attached hydrogens (tertiary/aromatic N) is 2. The molecule has 0 bridgehead atoms. The Morgan fingerprint density at radius 1 is 1.67 bits per heavy atom. The molecule has 0 radical (unpaired) electrons. The van der Waals surface area contributed by atoms with Gasteiger partial charge in [-0.1, -0.05) is 6.58 Å². The zero-order valence-corrected chi connectivity index (χ0v) is 8.26. The Morgan fingerprint density at radius 3 is 2.42 bits per heavy atom. The smallest absolute Gasteiger partial charge is 0.155 e. The van der Waals surface area contributed by atoms with E-state index < -0.39 is 6.17 Å². The maximum absolute atomic E-state index is 13.0. The van der Waals surface area contributed by atoms with Crippen molar-refractivity contribution in [1.82, 2.24) is 4.90 Å². The van der Waals surface area contributed by atoms with Gasteiger partial charge in [0.05, 0.1) is 0 Å². The SMILES string of the molecule is C=C(C)N=C(C(C)F)N(C)CC. The molecule has 70 valence electrons. The lowest BCUT2D eigenvalue weighted by Gasteiger charge is -2.20. The minimum atomic E-state index is -1.04. The van der Waals surface area contributed by atoms with E-state index >= 15 is 0 Å². The molecule has 0 rings (SSSR count). The fourth-order valence-corrected chi connectivity index (χ4v) is 0.836. The van der Waals surface area contributed by atoms with Gasteiger partial charge in [0.25, 0.3) is 0 Å². The molecule has 0 saturated carbocycles. The number of allylic oxidation sites excluding steroid dienone is 1.